The summed E-state index contributed by atoms with van der Waals surface area (Å²) in [4.78, 5) is 5.39. The normalized spacial score (nSPS) is 25.6. The molecule has 2 aliphatic heterocycles. The van der Waals surface area contributed by atoms with Crippen LogP contribution >= 0.6 is 0 Å². The Morgan fingerprint density at radius 2 is 1.79 bits per heavy atom. The molecule has 1 aromatic carbocycles. The van der Waals surface area contributed by atoms with Crippen LogP contribution in [0.2, 0.25) is 0 Å². The van der Waals surface area contributed by atoms with Crippen molar-refractivity contribution in [2.45, 2.75) is 69.2 Å². The van der Waals surface area contributed by atoms with E-state index in [1.165, 1.54) is 50.5 Å². The van der Waals surface area contributed by atoms with E-state index in [9.17, 15) is 0 Å². The molecule has 0 bridgehead atoms. The van der Waals surface area contributed by atoms with E-state index in [0.29, 0.717) is 24.3 Å². The highest BCUT2D eigenvalue weighted by Crippen LogP contribution is 2.47. The van der Waals surface area contributed by atoms with Crippen LogP contribution in [0.15, 0.2) is 24.3 Å². The molecule has 3 aliphatic rings. The highest BCUT2D eigenvalue weighted by molar-refractivity contribution is 5.31. The summed E-state index contributed by atoms with van der Waals surface area (Å²) in [6, 6.07) is 11.0. The van der Waals surface area contributed by atoms with Crippen LogP contribution in [0.3, 0.4) is 0 Å². The first-order valence-electron chi connectivity index (χ1n) is 11.3. The molecule has 2 saturated heterocycles. The zero-order chi connectivity index (χ0) is 20.1. The second kappa shape index (κ2) is 9.57. The molecule has 0 N–H and O–H groups in total. The van der Waals surface area contributed by atoms with Crippen LogP contribution in [-0.4, -0.2) is 67.4 Å². The summed E-state index contributed by atoms with van der Waals surface area (Å²) in [5.74, 6) is 0. The van der Waals surface area contributed by atoms with Crippen LogP contribution in [0.25, 0.3) is 0 Å². The minimum atomic E-state index is 0.298. The maximum atomic E-state index is 8.96. The molecule has 0 radical (unpaired) electrons. The van der Waals surface area contributed by atoms with Gasteiger partial charge in [-0.2, -0.15) is 5.26 Å². The molecule has 1 aromatic rings. The Bertz CT molecular complexity index is 685. The average Bonchev–Trinajstić information content (AvgIpc) is 2.78. The topological polar surface area (TPSA) is 48.7 Å². The van der Waals surface area contributed by atoms with Crippen molar-refractivity contribution in [3.05, 3.63) is 35.4 Å². The summed E-state index contributed by atoms with van der Waals surface area (Å²) < 4.78 is 11.4. The third kappa shape index (κ3) is 4.51. The molecule has 158 valence electrons. The summed E-state index contributed by atoms with van der Waals surface area (Å²) in [7, 11) is 1.75. The number of methoxy groups -OCH3 is 1. The second-order valence-electron chi connectivity index (χ2n) is 8.98. The van der Waals surface area contributed by atoms with Gasteiger partial charge < -0.3 is 9.47 Å². The van der Waals surface area contributed by atoms with Crippen molar-refractivity contribution < 1.29 is 9.47 Å². The zero-order valence-electron chi connectivity index (χ0n) is 17.8. The SMILES string of the molecule is COCCOC1CN(C2CCN(Cc3ccc(C#N)cc3)CC2)C12CCCCC2. The van der Waals surface area contributed by atoms with E-state index in [4.69, 9.17) is 14.7 Å². The maximum absolute atomic E-state index is 8.96. The molecule has 1 saturated carbocycles. The van der Waals surface area contributed by atoms with Gasteiger partial charge in [0.1, 0.15) is 0 Å². The summed E-state index contributed by atoms with van der Waals surface area (Å²) in [5, 5.41) is 8.96. The van der Waals surface area contributed by atoms with E-state index in [1.807, 2.05) is 12.1 Å². The number of ether oxygens (including phenoxy) is 2. The molecule has 4 rings (SSSR count). The van der Waals surface area contributed by atoms with E-state index in [1.54, 1.807) is 7.11 Å². The zero-order valence-corrected chi connectivity index (χ0v) is 17.8. The van der Waals surface area contributed by atoms with Crippen LogP contribution in [0.4, 0.5) is 0 Å². The van der Waals surface area contributed by atoms with Crippen molar-refractivity contribution in [2.75, 3.05) is 40.0 Å². The van der Waals surface area contributed by atoms with Crippen LogP contribution in [0.1, 0.15) is 56.1 Å². The number of nitrogens with zero attached hydrogens (tertiary/aromatic N) is 3. The Morgan fingerprint density at radius 1 is 1.07 bits per heavy atom. The van der Waals surface area contributed by atoms with E-state index < -0.39 is 0 Å². The predicted molar refractivity (Wildman–Crippen MR) is 114 cm³/mol. The highest BCUT2D eigenvalue weighted by atomic mass is 16.5. The van der Waals surface area contributed by atoms with Crippen molar-refractivity contribution in [1.29, 1.82) is 5.26 Å². The van der Waals surface area contributed by atoms with Gasteiger partial charge in [0.2, 0.25) is 0 Å². The fourth-order valence-corrected chi connectivity index (χ4v) is 5.70. The van der Waals surface area contributed by atoms with Crippen LogP contribution in [0, 0.1) is 11.3 Å². The number of hydrogen-bond donors (Lipinski definition) is 0. The van der Waals surface area contributed by atoms with Gasteiger partial charge in [0.05, 0.1) is 31.0 Å². The predicted octanol–water partition coefficient (Wildman–Crippen LogP) is 3.57. The first-order valence-corrected chi connectivity index (χ1v) is 11.3. The van der Waals surface area contributed by atoms with Crippen molar-refractivity contribution in [2.24, 2.45) is 0 Å². The Kier molecular flexibility index (Phi) is 6.87. The van der Waals surface area contributed by atoms with E-state index in [-0.39, 0.29) is 0 Å². The Hall–Kier alpha value is -1.45. The first-order chi connectivity index (χ1) is 14.2. The minimum absolute atomic E-state index is 0.298. The van der Waals surface area contributed by atoms with Gasteiger partial charge in [0, 0.05) is 31.8 Å². The van der Waals surface area contributed by atoms with Gasteiger partial charge >= 0.3 is 0 Å². The highest BCUT2D eigenvalue weighted by Gasteiger charge is 2.56. The molecule has 2 heterocycles. The van der Waals surface area contributed by atoms with Gasteiger partial charge in [-0.3, -0.25) is 9.80 Å². The van der Waals surface area contributed by atoms with Crippen LogP contribution in [-0.2, 0) is 16.0 Å². The average molecular weight is 398 g/mol. The van der Waals surface area contributed by atoms with Gasteiger partial charge in [-0.25, -0.2) is 0 Å². The standard InChI is InChI=1S/C24H35N3O2/c1-28-15-16-29-23-19-27(24(23)11-3-2-4-12-24)22-9-13-26(14-10-22)18-21-7-5-20(17-25)6-8-21/h5-8,22-23H,2-4,9-16,18-19H2,1H3. The number of hydrogen-bond acceptors (Lipinski definition) is 5. The molecular weight excluding hydrogens is 362 g/mol. The number of nitriles is 1. The lowest BCUT2D eigenvalue weighted by Crippen LogP contribution is -2.75. The monoisotopic (exact) mass is 397 g/mol. The summed E-state index contributed by atoms with van der Waals surface area (Å²) in [6.45, 7) is 5.83. The summed E-state index contributed by atoms with van der Waals surface area (Å²) in [5.41, 5.74) is 2.35. The smallest absolute Gasteiger partial charge is 0.0991 e. The molecule has 29 heavy (non-hydrogen) atoms. The lowest BCUT2D eigenvalue weighted by Gasteiger charge is -2.63. The molecule has 1 aliphatic carbocycles. The van der Waals surface area contributed by atoms with Crippen molar-refractivity contribution in [1.82, 2.24) is 9.80 Å². The van der Waals surface area contributed by atoms with E-state index in [0.717, 1.165) is 38.3 Å². The molecule has 1 unspecified atom stereocenters. The molecular formula is C24H35N3O2. The molecule has 1 atom stereocenters. The van der Waals surface area contributed by atoms with Crippen molar-refractivity contribution in [3.8, 4) is 6.07 Å². The fraction of sp³-hybridized carbons (Fsp3) is 0.708. The minimum Gasteiger partial charge on any atom is -0.382 e. The fourth-order valence-electron chi connectivity index (χ4n) is 5.70. The summed E-state index contributed by atoms with van der Waals surface area (Å²) >= 11 is 0. The first kappa shape index (κ1) is 20.8. The molecule has 5 heteroatoms. The lowest BCUT2D eigenvalue weighted by atomic mass is 9.69. The number of likely N-dealkylation sites (tertiary alicyclic amines) is 2. The third-order valence-electron chi connectivity index (χ3n) is 7.35. The maximum Gasteiger partial charge on any atom is 0.0991 e. The Labute approximate surface area is 175 Å². The molecule has 5 nitrogen and oxygen atoms in total. The molecule has 3 fully saturated rings. The third-order valence-corrected chi connectivity index (χ3v) is 7.35. The molecule has 0 aromatic heterocycles. The number of piperidine rings is 1. The van der Waals surface area contributed by atoms with Gasteiger partial charge in [-0.1, -0.05) is 31.4 Å². The number of benzene rings is 1. The van der Waals surface area contributed by atoms with Crippen molar-refractivity contribution in [3.63, 3.8) is 0 Å². The van der Waals surface area contributed by atoms with Gasteiger partial charge in [-0.15, -0.1) is 0 Å². The quantitative estimate of drug-likeness (QED) is 0.658. The molecule has 0 amide bonds. The largest absolute Gasteiger partial charge is 0.382 e. The summed E-state index contributed by atoms with van der Waals surface area (Å²) in [6.07, 6.45) is 9.58. The van der Waals surface area contributed by atoms with Crippen molar-refractivity contribution >= 4 is 0 Å². The Morgan fingerprint density at radius 3 is 2.45 bits per heavy atom. The van der Waals surface area contributed by atoms with E-state index >= 15 is 0 Å². The van der Waals surface area contributed by atoms with Crippen LogP contribution < -0.4 is 0 Å². The van der Waals surface area contributed by atoms with Gasteiger partial charge in [0.15, 0.2) is 0 Å². The molecule has 1 spiro atoms. The van der Waals surface area contributed by atoms with Gasteiger partial charge in [-0.05, 0) is 56.5 Å². The lowest BCUT2D eigenvalue weighted by molar-refractivity contribution is -0.204. The number of rotatable bonds is 7. The second-order valence-corrected chi connectivity index (χ2v) is 8.98. The van der Waals surface area contributed by atoms with E-state index in [2.05, 4.69) is 28.0 Å². The van der Waals surface area contributed by atoms with Gasteiger partial charge in [0.25, 0.3) is 0 Å². The van der Waals surface area contributed by atoms with Crippen LogP contribution in [0.5, 0.6) is 0 Å². The Balaban J connectivity index is 1.31.